The van der Waals surface area contributed by atoms with E-state index in [0.29, 0.717) is 11.3 Å². The Morgan fingerprint density at radius 2 is 2.19 bits per heavy atom. The van der Waals surface area contributed by atoms with Crippen molar-refractivity contribution in [3.8, 4) is 0 Å². The minimum absolute atomic E-state index is 0.0313. The zero-order valence-electron chi connectivity index (χ0n) is 11.0. The molecule has 2 aliphatic rings. The number of carbonyl (C=O) groups is 1. The fraction of sp³-hybridized carbons (Fsp3) is 0.929. The van der Waals surface area contributed by atoms with Gasteiger partial charge in [0.15, 0.2) is 0 Å². The number of fused-ring (bicyclic) bond motifs is 1. The van der Waals surface area contributed by atoms with Gasteiger partial charge in [-0.15, -0.1) is 0 Å². The van der Waals surface area contributed by atoms with E-state index in [1.807, 2.05) is 6.92 Å². The van der Waals surface area contributed by atoms with Gasteiger partial charge >= 0.3 is 5.97 Å². The first-order chi connectivity index (χ1) is 7.41. The van der Waals surface area contributed by atoms with Crippen molar-refractivity contribution in [1.82, 2.24) is 0 Å². The first-order valence-corrected chi connectivity index (χ1v) is 6.62. The van der Waals surface area contributed by atoms with Gasteiger partial charge in [0.1, 0.15) is 6.10 Å². The van der Waals surface area contributed by atoms with Crippen LogP contribution in [0.25, 0.3) is 0 Å². The molecule has 4 atom stereocenters. The van der Waals surface area contributed by atoms with Crippen molar-refractivity contribution in [2.24, 2.45) is 23.2 Å². The highest BCUT2D eigenvalue weighted by Crippen LogP contribution is 2.48. The minimum atomic E-state index is 0.0313. The Bertz CT molecular complexity index is 284. The van der Waals surface area contributed by atoms with Gasteiger partial charge in [-0.1, -0.05) is 27.7 Å². The molecular formula is C14H24O2. The second-order valence-electron chi connectivity index (χ2n) is 6.58. The van der Waals surface area contributed by atoms with Gasteiger partial charge in [-0.25, -0.2) is 0 Å². The minimum Gasteiger partial charge on any atom is -0.462 e. The van der Waals surface area contributed by atoms with E-state index in [-0.39, 0.29) is 18.0 Å². The molecule has 0 N–H and O–H groups in total. The maximum Gasteiger partial charge on any atom is 0.309 e. The molecule has 2 rings (SSSR count). The second-order valence-corrected chi connectivity index (χ2v) is 6.58. The molecule has 2 nitrogen and oxygen atoms in total. The molecule has 1 aliphatic carbocycles. The lowest BCUT2D eigenvalue weighted by Crippen LogP contribution is -2.35. The summed E-state index contributed by atoms with van der Waals surface area (Å²) in [6, 6.07) is 0. The average molecular weight is 224 g/mol. The highest BCUT2D eigenvalue weighted by molar-refractivity contribution is 5.74. The van der Waals surface area contributed by atoms with Crippen LogP contribution in [-0.4, -0.2) is 12.1 Å². The summed E-state index contributed by atoms with van der Waals surface area (Å²) in [5, 5.41) is 0. The van der Waals surface area contributed by atoms with Crippen molar-refractivity contribution in [1.29, 1.82) is 0 Å². The van der Waals surface area contributed by atoms with Crippen LogP contribution in [0.2, 0.25) is 0 Å². The van der Waals surface area contributed by atoms with Crippen molar-refractivity contribution in [3.63, 3.8) is 0 Å². The highest BCUT2D eigenvalue weighted by atomic mass is 16.6. The molecule has 16 heavy (non-hydrogen) atoms. The number of hydrogen-bond acceptors (Lipinski definition) is 2. The fourth-order valence-electron chi connectivity index (χ4n) is 3.74. The zero-order valence-corrected chi connectivity index (χ0v) is 11.0. The van der Waals surface area contributed by atoms with E-state index in [2.05, 4.69) is 20.8 Å². The SMILES string of the molecule is CC(C)CC1(C)CCC2C(C1)OC(=O)C2C. The summed E-state index contributed by atoms with van der Waals surface area (Å²) in [4.78, 5) is 11.6. The summed E-state index contributed by atoms with van der Waals surface area (Å²) in [6.07, 6.45) is 4.96. The molecule has 0 aromatic rings. The van der Waals surface area contributed by atoms with E-state index < -0.39 is 0 Å². The second kappa shape index (κ2) is 4.05. The van der Waals surface area contributed by atoms with Crippen molar-refractivity contribution in [3.05, 3.63) is 0 Å². The molecule has 1 saturated carbocycles. The monoisotopic (exact) mass is 224 g/mol. The van der Waals surface area contributed by atoms with Gasteiger partial charge < -0.3 is 4.74 Å². The van der Waals surface area contributed by atoms with Crippen LogP contribution < -0.4 is 0 Å². The third kappa shape index (κ3) is 2.11. The third-order valence-corrected chi connectivity index (χ3v) is 4.44. The van der Waals surface area contributed by atoms with Crippen LogP contribution in [0.4, 0.5) is 0 Å². The molecule has 0 amide bonds. The van der Waals surface area contributed by atoms with Crippen LogP contribution >= 0.6 is 0 Å². The maximum absolute atomic E-state index is 11.6. The van der Waals surface area contributed by atoms with Crippen LogP contribution in [0.5, 0.6) is 0 Å². The standard InChI is InChI=1S/C14H24O2/c1-9(2)7-14(4)6-5-11-10(3)13(15)16-12(11)8-14/h9-12H,5-8H2,1-4H3. The van der Waals surface area contributed by atoms with Gasteiger partial charge in [0.25, 0.3) is 0 Å². The van der Waals surface area contributed by atoms with E-state index >= 15 is 0 Å². The quantitative estimate of drug-likeness (QED) is 0.672. The molecule has 0 bridgehead atoms. The van der Waals surface area contributed by atoms with Gasteiger partial charge in [0.2, 0.25) is 0 Å². The zero-order chi connectivity index (χ0) is 11.9. The molecule has 0 aromatic carbocycles. The van der Waals surface area contributed by atoms with Crippen LogP contribution in [0, 0.1) is 23.2 Å². The van der Waals surface area contributed by atoms with Gasteiger partial charge in [0, 0.05) is 5.92 Å². The number of carbonyl (C=O) groups excluding carboxylic acids is 1. The predicted molar refractivity (Wildman–Crippen MR) is 63.9 cm³/mol. The van der Waals surface area contributed by atoms with Gasteiger partial charge in [-0.3, -0.25) is 4.79 Å². The first-order valence-electron chi connectivity index (χ1n) is 6.62. The summed E-state index contributed by atoms with van der Waals surface area (Å²) in [5.41, 5.74) is 0.389. The van der Waals surface area contributed by atoms with E-state index in [0.717, 1.165) is 12.3 Å². The Hall–Kier alpha value is -0.530. The first kappa shape index (κ1) is 11.9. The van der Waals surface area contributed by atoms with Gasteiger partial charge in [-0.05, 0) is 37.0 Å². The third-order valence-electron chi connectivity index (χ3n) is 4.44. The number of esters is 1. The average Bonchev–Trinajstić information content (AvgIpc) is 2.39. The molecule has 2 fully saturated rings. The Morgan fingerprint density at radius 3 is 2.81 bits per heavy atom. The predicted octanol–water partition coefficient (Wildman–Crippen LogP) is 3.40. The molecule has 0 radical (unpaired) electrons. The van der Waals surface area contributed by atoms with E-state index in [9.17, 15) is 4.79 Å². The van der Waals surface area contributed by atoms with Crippen molar-refractivity contribution < 1.29 is 9.53 Å². The Labute approximate surface area is 98.7 Å². The maximum atomic E-state index is 11.6. The molecule has 4 unspecified atom stereocenters. The molecule has 92 valence electrons. The molecule has 1 heterocycles. The molecule has 2 heteroatoms. The van der Waals surface area contributed by atoms with Crippen LogP contribution in [0.3, 0.4) is 0 Å². The molecular weight excluding hydrogens is 200 g/mol. The smallest absolute Gasteiger partial charge is 0.309 e. The lowest BCUT2D eigenvalue weighted by Gasteiger charge is -2.40. The normalized spacial score (nSPS) is 43.3. The summed E-state index contributed by atoms with van der Waals surface area (Å²) >= 11 is 0. The Kier molecular flexibility index (Phi) is 3.02. The van der Waals surface area contributed by atoms with Gasteiger partial charge in [-0.2, -0.15) is 0 Å². The number of ether oxygens (including phenoxy) is 1. The van der Waals surface area contributed by atoms with Crippen molar-refractivity contribution in [2.75, 3.05) is 0 Å². The fourth-order valence-corrected chi connectivity index (χ4v) is 3.74. The number of hydrogen-bond donors (Lipinski definition) is 0. The van der Waals surface area contributed by atoms with Gasteiger partial charge in [0.05, 0.1) is 5.92 Å². The Morgan fingerprint density at radius 1 is 1.50 bits per heavy atom. The molecule has 0 aromatic heterocycles. The summed E-state index contributed by atoms with van der Waals surface area (Å²) in [7, 11) is 0. The molecule has 1 saturated heterocycles. The van der Waals surface area contributed by atoms with Crippen LogP contribution in [-0.2, 0) is 9.53 Å². The van der Waals surface area contributed by atoms with Crippen LogP contribution in [0.1, 0.15) is 53.4 Å². The molecule has 1 aliphatic heterocycles. The van der Waals surface area contributed by atoms with E-state index in [1.165, 1.54) is 19.3 Å². The lowest BCUT2D eigenvalue weighted by molar-refractivity contribution is -0.145. The highest BCUT2D eigenvalue weighted by Gasteiger charge is 2.48. The largest absolute Gasteiger partial charge is 0.462 e. The lowest BCUT2D eigenvalue weighted by atomic mass is 9.65. The van der Waals surface area contributed by atoms with Crippen molar-refractivity contribution >= 4 is 5.97 Å². The van der Waals surface area contributed by atoms with E-state index in [4.69, 9.17) is 4.74 Å². The topological polar surface area (TPSA) is 26.3 Å². The summed E-state index contributed by atoms with van der Waals surface area (Å²) in [6.45, 7) is 8.94. The van der Waals surface area contributed by atoms with E-state index in [1.54, 1.807) is 0 Å². The van der Waals surface area contributed by atoms with Crippen LogP contribution in [0.15, 0.2) is 0 Å². The Balaban J connectivity index is 2.04. The van der Waals surface area contributed by atoms with Crippen molar-refractivity contribution in [2.45, 2.75) is 59.5 Å². The summed E-state index contributed by atoms with van der Waals surface area (Å²) < 4.78 is 5.52. The summed E-state index contributed by atoms with van der Waals surface area (Å²) in [5.74, 6) is 1.39. The molecule has 0 spiro atoms. The number of rotatable bonds is 2.